The molecule has 1 aromatic carbocycles. The summed E-state index contributed by atoms with van der Waals surface area (Å²) in [5, 5.41) is 12.4. The molecule has 1 unspecified atom stereocenters. The largest absolute Gasteiger partial charge is 0.480 e. The first kappa shape index (κ1) is 13.7. The molecule has 2 aliphatic rings. The standard InChI is InChI=1S/C15H18N2O4/c18-14(17-8-4-3-6-11(17)15(19)20)13-9-16-10-5-1-2-7-12(10)21-13/h1-2,5,7,11,13,16H,3-4,6,8-9H2,(H,19,20)/t11-,13?/m0/s1. The van der Waals surface area contributed by atoms with Crippen LogP contribution in [0.2, 0.25) is 0 Å². The second kappa shape index (κ2) is 5.63. The van der Waals surface area contributed by atoms with Crippen molar-refractivity contribution >= 4 is 17.6 Å². The zero-order valence-electron chi connectivity index (χ0n) is 11.6. The van der Waals surface area contributed by atoms with E-state index in [1.54, 1.807) is 6.07 Å². The Bertz CT molecular complexity index is 560. The number of anilines is 1. The highest BCUT2D eigenvalue weighted by atomic mass is 16.5. The number of hydrogen-bond acceptors (Lipinski definition) is 4. The molecule has 1 fully saturated rings. The lowest BCUT2D eigenvalue weighted by atomic mass is 10.0. The number of carbonyl (C=O) groups excluding carboxylic acids is 1. The number of likely N-dealkylation sites (tertiary alicyclic amines) is 1. The normalized spacial score (nSPS) is 24.5. The van der Waals surface area contributed by atoms with Crippen LogP contribution >= 0.6 is 0 Å². The molecule has 2 atom stereocenters. The molecular formula is C15H18N2O4. The predicted molar refractivity (Wildman–Crippen MR) is 76.3 cm³/mol. The minimum atomic E-state index is -0.938. The number of piperidine rings is 1. The van der Waals surface area contributed by atoms with Crippen LogP contribution in [0.25, 0.3) is 0 Å². The van der Waals surface area contributed by atoms with E-state index in [1.807, 2.05) is 18.2 Å². The van der Waals surface area contributed by atoms with Crippen molar-refractivity contribution in [2.24, 2.45) is 0 Å². The summed E-state index contributed by atoms with van der Waals surface area (Å²) in [6, 6.07) is 6.69. The van der Waals surface area contributed by atoms with Gasteiger partial charge in [0.25, 0.3) is 5.91 Å². The highest BCUT2D eigenvalue weighted by Gasteiger charge is 2.37. The summed E-state index contributed by atoms with van der Waals surface area (Å²) in [7, 11) is 0. The Balaban J connectivity index is 1.75. The molecule has 0 radical (unpaired) electrons. The van der Waals surface area contributed by atoms with Crippen LogP contribution in [-0.4, -0.2) is 47.1 Å². The van der Waals surface area contributed by atoms with Gasteiger partial charge in [0.2, 0.25) is 0 Å². The van der Waals surface area contributed by atoms with E-state index in [1.165, 1.54) is 4.90 Å². The Morgan fingerprint density at radius 2 is 2.10 bits per heavy atom. The number of aliphatic carboxylic acids is 1. The van der Waals surface area contributed by atoms with E-state index in [9.17, 15) is 14.7 Å². The Kier molecular flexibility index (Phi) is 3.68. The number of amides is 1. The number of para-hydroxylation sites is 2. The third-order valence-corrected chi connectivity index (χ3v) is 3.98. The van der Waals surface area contributed by atoms with Crippen LogP contribution in [0.15, 0.2) is 24.3 Å². The van der Waals surface area contributed by atoms with Gasteiger partial charge in [-0.2, -0.15) is 0 Å². The molecule has 0 aromatic heterocycles. The molecule has 1 saturated heterocycles. The van der Waals surface area contributed by atoms with E-state index < -0.39 is 18.1 Å². The van der Waals surface area contributed by atoms with E-state index in [0.717, 1.165) is 18.5 Å². The number of carboxylic acids is 1. The molecule has 0 saturated carbocycles. The SMILES string of the molecule is O=C(O)[C@@H]1CCCCN1C(=O)C1CNc2ccccc2O1. The zero-order valence-corrected chi connectivity index (χ0v) is 11.6. The highest BCUT2D eigenvalue weighted by Crippen LogP contribution is 2.29. The van der Waals surface area contributed by atoms with Crippen molar-refractivity contribution < 1.29 is 19.4 Å². The minimum absolute atomic E-state index is 0.246. The summed E-state index contributed by atoms with van der Waals surface area (Å²) in [6.07, 6.45) is 1.53. The average Bonchev–Trinajstić information content (AvgIpc) is 2.53. The Labute approximate surface area is 122 Å². The second-order valence-electron chi connectivity index (χ2n) is 5.37. The number of hydrogen-bond donors (Lipinski definition) is 2. The third kappa shape index (κ3) is 2.66. The van der Waals surface area contributed by atoms with Crippen molar-refractivity contribution in [3.8, 4) is 5.75 Å². The summed E-state index contributed by atoms with van der Waals surface area (Å²) in [4.78, 5) is 25.3. The van der Waals surface area contributed by atoms with Crippen LogP contribution in [0.3, 0.4) is 0 Å². The number of carbonyl (C=O) groups is 2. The van der Waals surface area contributed by atoms with Gasteiger partial charge in [-0.25, -0.2) is 4.79 Å². The summed E-state index contributed by atoms with van der Waals surface area (Å²) in [5.41, 5.74) is 0.856. The third-order valence-electron chi connectivity index (χ3n) is 3.98. The van der Waals surface area contributed by atoms with Crippen molar-refractivity contribution in [2.75, 3.05) is 18.4 Å². The van der Waals surface area contributed by atoms with Gasteiger partial charge in [0.1, 0.15) is 11.8 Å². The summed E-state index contributed by atoms with van der Waals surface area (Å²) >= 11 is 0. The number of benzene rings is 1. The van der Waals surface area contributed by atoms with Gasteiger partial charge in [0.15, 0.2) is 6.10 Å². The maximum absolute atomic E-state index is 12.6. The van der Waals surface area contributed by atoms with Crippen molar-refractivity contribution in [3.63, 3.8) is 0 Å². The summed E-state index contributed by atoms with van der Waals surface area (Å²) in [5.74, 6) is -0.553. The van der Waals surface area contributed by atoms with Gasteiger partial charge in [0.05, 0.1) is 12.2 Å². The molecule has 0 bridgehead atoms. The number of ether oxygens (including phenoxy) is 1. The molecule has 2 heterocycles. The first-order valence-corrected chi connectivity index (χ1v) is 7.19. The van der Waals surface area contributed by atoms with Crippen LogP contribution < -0.4 is 10.1 Å². The van der Waals surface area contributed by atoms with E-state index >= 15 is 0 Å². The zero-order chi connectivity index (χ0) is 14.8. The van der Waals surface area contributed by atoms with Crippen molar-refractivity contribution in [3.05, 3.63) is 24.3 Å². The first-order chi connectivity index (χ1) is 10.2. The van der Waals surface area contributed by atoms with Gasteiger partial charge < -0.3 is 20.1 Å². The van der Waals surface area contributed by atoms with Gasteiger partial charge >= 0.3 is 5.97 Å². The number of rotatable bonds is 2. The molecule has 0 aliphatic carbocycles. The van der Waals surface area contributed by atoms with Gasteiger partial charge in [0, 0.05) is 6.54 Å². The van der Waals surface area contributed by atoms with Crippen LogP contribution in [-0.2, 0) is 9.59 Å². The molecular weight excluding hydrogens is 272 g/mol. The van der Waals surface area contributed by atoms with Crippen molar-refractivity contribution in [1.82, 2.24) is 4.90 Å². The van der Waals surface area contributed by atoms with Crippen LogP contribution in [0.4, 0.5) is 5.69 Å². The number of nitrogens with zero attached hydrogens (tertiary/aromatic N) is 1. The van der Waals surface area contributed by atoms with Gasteiger partial charge in [-0.05, 0) is 31.4 Å². The van der Waals surface area contributed by atoms with Gasteiger partial charge in [-0.3, -0.25) is 4.79 Å². The molecule has 21 heavy (non-hydrogen) atoms. The number of nitrogens with one attached hydrogen (secondary N) is 1. The number of fused-ring (bicyclic) bond motifs is 1. The lowest BCUT2D eigenvalue weighted by molar-refractivity contribution is -0.155. The van der Waals surface area contributed by atoms with Crippen molar-refractivity contribution in [1.29, 1.82) is 0 Å². The van der Waals surface area contributed by atoms with E-state index in [0.29, 0.717) is 25.3 Å². The Hall–Kier alpha value is -2.24. The number of carboxylic acid groups (broad SMARTS) is 1. The molecule has 2 aliphatic heterocycles. The molecule has 6 nitrogen and oxygen atoms in total. The lowest BCUT2D eigenvalue weighted by Gasteiger charge is -2.36. The monoisotopic (exact) mass is 290 g/mol. The van der Waals surface area contributed by atoms with Gasteiger partial charge in [-0.15, -0.1) is 0 Å². The summed E-state index contributed by atoms with van der Waals surface area (Å²) in [6.45, 7) is 0.843. The van der Waals surface area contributed by atoms with Crippen LogP contribution in [0.1, 0.15) is 19.3 Å². The lowest BCUT2D eigenvalue weighted by Crippen LogP contribution is -2.54. The quantitative estimate of drug-likeness (QED) is 0.859. The topological polar surface area (TPSA) is 78.9 Å². The van der Waals surface area contributed by atoms with Crippen molar-refractivity contribution in [2.45, 2.75) is 31.4 Å². The highest BCUT2D eigenvalue weighted by molar-refractivity contribution is 5.88. The van der Waals surface area contributed by atoms with E-state index in [2.05, 4.69) is 5.32 Å². The molecule has 3 rings (SSSR count). The summed E-state index contributed by atoms with van der Waals surface area (Å²) < 4.78 is 5.73. The molecule has 0 spiro atoms. The molecule has 2 N–H and O–H groups in total. The first-order valence-electron chi connectivity index (χ1n) is 7.19. The Morgan fingerprint density at radius 1 is 1.29 bits per heavy atom. The fourth-order valence-corrected chi connectivity index (χ4v) is 2.89. The minimum Gasteiger partial charge on any atom is -0.480 e. The average molecular weight is 290 g/mol. The fourth-order valence-electron chi connectivity index (χ4n) is 2.89. The van der Waals surface area contributed by atoms with Crippen LogP contribution in [0.5, 0.6) is 5.75 Å². The maximum Gasteiger partial charge on any atom is 0.326 e. The molecule has 6 heteroatoms. The van der Waals surface area contributed by atoms with Crippen LogP contribution in [0, 0.1) is 0 Å². The maximum atomic E-state index is 12.6. The predicted octanol–water partition coefficient (Wildman–Crippen LogP) is 1.33. The molecule has 112 valence electrons. The molecule has 1 aromatic rings. The fraction of sp³-hybridized carbons (Fsp3) is 0.467. The smallest absolute Gasteiger partial charge is 0.326 e. The van der Waals surface area contributed by atoms with E-state index in [-0.39, 0.29) is 5.91 Å². The Morgan fingerprint density at radius 3 is 2.90 bits per heavy atom. The van der Waals surface area contributed by atoms with E-state index in [4.69, 9.17) is 4.74 Å². The van der Waals surface area contributed by atoms with Gasteiger partial charge in [-0.1, -0.05) is 12.1 Å². The second-order valence-corrected chi connectivity index (χ2v) is 5.37. The molecule has 1 amide bonds.